The molecular formula is C45H47F2N9O6S. The van der Waals surface area contributed by atoms with Crippen LogP contribution < -0.4 is 15.5 Å². The molecule has 2 aromatic carbocycles. The molecule has 18 heteroatoms. The van der Waals surface area contributed by atoms with Crippen LogP contribution in [-0.4, -0.2) is 96.5 Å². The number of benzene rings is 2. The van der Waals surface area contributed by atoms with Crippen molar-refractivity contribution in [2.45, 2.75) is 76.5 Å². The van der Waals surface area contributed by atoms with E-state index in [4.69, 9.17) is 15.2 Å². The highest BCUT2D eigenvalue weighted by molar-refractivity contribution is 7.07. The number of nitrogens with zero attached hydrogens (tertiary/aromatic N) is 8. The first-order valence-electron chi connectivity index (χ1n) is 21.1. The Hall–Kier alpha value is -6.43. The number of carbonyl (C=O) groups is 3. The lowest BCUT2D eigenvalue weighted by atomic mass is 9.60. The number of rotatable bonds is 9. The van der Waals surface area contributed by atoms with Gasteiger partial charge in [0.25, 0.3) is 5.91 Å². The molecule has 328 valence electrons. The topological polar surface area (TPSA) is 195 Å². The van der Waals surface area contributed by atoms with Gasteiger partial charge in [0.05, 0.1) is 35.3 Å². The second-order valence-electron chi connectivity index (χ2n) is 17.5. The lowest BCUT2D eigenvalue weighted by Crippen LogP contribution is -2.56. The molecule has 6 aromatic rings. The van der Waals surface area contributed by atoms with Gasteiger partial charge >= 0.3 is 12.2 Å². The Labute approximate surface area is 365 Å². The van der Waals surface area contributed by atoms with Crippen LogP contribution in [0.4, 0.5) is 30.0 Å². The molecule has 4 aliphatic rings. The van der Waals surface area contributed by atoms with Gasteiger partial charge in [0.15, 0.2) is 11.5 Å². The molecule has 2 spiro atoms. The minimum atomic E-state index is -1.03. The van der Waals surface area contributed by atoms with E-state index in [9.17, 15) is 33.4 Å². The number of aromatic nitrogens is 4. The fraction of sp³-hybridized carbons (Fsp3) is 0.400. The Balaban J connectivity index is 0.000000161. The molecule has 10 rings (SSSR count). The van der Waals surface area contributed by atoms with Gasteiger partial charge in [-0.3, -0.25) is 14.6 Å². The van der Waals surface area contributed by atoms with Crippen molar-refractivity contribution < 1.29 is 37.9 Å². The maximum atomic E-state index is 13.4. The number of anilines is 2. The summed E-state index contributed by atoms with van der Waals surface area (Å²) in [5, 5.41) is 26.4. The molecule has 2 saturated heterocycles. The number of carboxylic acid groups (broad SMARTS) is 2. The van der Waals surface area contributed by atoms with E-state index in [-0.39, 0.29) is 46.8 Å². The van der Waals surface area contributed by atoms with Crippen LogP contribution in [0.25, 0.3) is 21.8 Å². The van der Waals surface area contributed by atoms with Crippen LogP contribution in [0.15, 0.2) is 82.1 Å². The number of hydrogen-bond acceptors (Lipinski definition) is 11. The normalized spacial score (nSPS) is 19.0. The number of hydrogen-bond donors (Lipinski definition) is 3. The molecule has 4 N–H and O–H groups in total. The van der Waals surface area contributed by atoms with Crippen LogP contribution in [0.2, 0.25) is 0 Å². The van der Waals surface area contributed by atoms with Crippen LogP contribution in [0, 0.1) is 22.5 Å². The van der Waals surface area contributed by atoms with Crippen LogP contribution in [0.1, 0.15) is 73.3 Å². The quantitative estimate of drug-likeness (QED) is 0.126. The number of piperidine rings is 2. The lowest BCUT2D eigenvalue weighted by molar-refractivity contribution is -0.0149. The molecule has 6 heterocycles. The molecule has 4 aromatic heterocycles. The molecule has 0 atom stereocenters. The van der Waals surface area contributed by atoms with Gasteiger partial charge in [-0.1, -0.05) is 5.16 Å². The summed E-state index contributed by atoms with van der Waals surface area (Å²) < 4.78 is 31.9. The van der Waals surface area contributed by atoms with E-state index in [0.717, 1.165) is 117 Å². The Morgan fingerprint density at radius 1 is 0.730 bits per heavy atom. The number of carbonyl (C=O) groups excluding carboxylic acids is 1. The summed E-state index contributed by atoms with van der Waals surface area (Å²) in [6.07, 6.45) is 5.50. The predicted molar refractivity (Wildman–Crippen MR) is 231 cm³/mol. The van der Waals surface area contributed by atoms with E-state index in [2.05, 4.69) is 24.9 Å². The summed E-state index contributed by atoms with van der Waals surface area (Å²) in [4.78, 5) is 55.8. The average molecular weight is 880 g/mol. The smallest absolute Gasteiger partial charge is 0.407 e. The number of nitrogens with two attached hydrogens (primary N) is 1. The molecule has 2 aliphatic carbocycles. The Kier molecular flexibility index (Phi) is 11.3. The monoisotopic (exact) mass is 879 g/mol. The predicted octanol–water partition coefficient (Wildman–Crippen LogP) is 8.15. The first-order valence-corrected chi connectivity index (χ1v) is 22.0. The average Bonchev–Trinajstić information content (AvgIpc) is 3.96. The van der Waals surface area contributed by atoms with Gasteiger partial charge in [-0.05, 0) is 123 Å². The van der Waals surface area contributed by atoms with E-state index < -0.39 is 18.1 Å². The lowest BCUT2D eigenvalue weighted by Gasteiger charge is -2.54. The molecule has 2 saturated carbocycles. The van der Waals surface area contributed by atoms with Crippen molar-refractivity contribution in [3.63, 3.8) is 0 Å². The molecule has 2 aliphatic heterocycles. The minimum Gasteiger partial charge on any atom is -0.465 e. The second-order valence-corrected chi connectivity index (χ2v) is 18.2. The maximum Gasteiger partial charge on any atom is 0.407 e. The standard InChI is InChI=1S/C23H24FN5O4.C22H23FN4O2S/c24-15-2-3-18-14(9-15)1-4-20(26-18)28-7-5-23(6-8-28)11-16(12-23)29(22(31)32)13-17-10-19(21(25)30)27-33-17;23-16-2-3-19-15(9-16)1-4-20(25-19)26-7-5-22(6-8-26)10-18(11-22)27(21(28)29)12-17-13-30-14-24-17/h1-4,9-10,16H,5-8,11-13H2,(H2,25,30)(H,31,32);1-4,9,13-14,18H,5-8,10-12H2,(H,28,29). The molecule has 0 unspecified atom stereocenters. The first kappa shape index (κ1) is 41.9. The van der Waals surface area contributed by atoms with Crippen LogP contribution in [-0.2, 0) is 13.1 Å². The highest BCUT2D eigenvalue weighted by atomic mass is 32.1. The van der Waals surface area contributed by atoms with Crippen LogP contribution >= 0.6 is 11.3 Å². The van der Waals surface area contributed by atoms with E-state index in [0.29, 0.717) is 12.3 Å². The van der Waals surface area contributed by atoms with Crippen LogP contribution in [0.5, 0.6) is 0 Å². The third-order valence-electron chi connectivity index (χ3n) is 13.6. The number of amides is 3. The Bertz CT molecular complexity index is 2630. The third-order valence-corrected chi connectivity index (χ3v) is 14.2. The van der Waals surface area contributed by atoms with Gasteiger partial charge in [-0.25, -0.2) is 33.3 Å². The minimum absolute atomic E-state index is 0.0137. The van der Waals surface area contributed by atoms with Gasteiger partial charge < -0.3 is 30.3 Å². The van der Waals surface area contributed by atoms with Crippen molar-refractivity contribution in [1.29, 1.82) is 0 Å². The summed E-state index contributed by atoms with van der Waals surface area (Å²) in [6, 6.07) is 18.3. The number of thiazole rings is 1. The molecular weight excluding hydrogens is 833 g/mol. The molecule has 0 radical (unpaired) electrons. The fourth-order valence-electron chi connectivity index (χ4n) is 9.95. The molecule has 0 bridgehead atoms. The van der Waals surface area contributed by atoms with Gasteiger partial charge in [-0.2, -0.15) is 0 Å². The van der Waals surface area contributed by atoms with Gasteiger partial charge in [0, 0.05) is 60.5 Å². The van der Waals surface area contributed by atoms with E-state index in [1.165, 1.54) is 46.6 Å². The number of halogens is 2. The van der Waals surface area contributed by atoms with E-state index in [1.54, 1.807) is 22.5 Å². The summed E-state index contributed by atoms with van der Waals surface area (Å²) in [6.45, 7) is 3.89. The summed E-state index contributed by atoms with van der Waals surface area (Å²) >= 11 is 1.49. The summed E-state index contributed by atoms with van der Waals surface area (Å²) in [5.41, 5.74) is 9.65. The molecule has 4 fully saturated rings. The zero-order valence-electron chi connectivity index (χ0n) is 34.4. The van der Waals surface area contributed by atoms with Crippen molar-refractivity contribution in [3.05, 3.63) is 106 Å². The SMILES string of the molecule is NC(=O)c1cc(CN(C(=O)O)C2CC3(CCN(c4ccc5cc(F)ccc5n4)CC3)C2)on1.O=C(O)N(Cc1cscn1)C1CC2(CCN(c3ccc4cc(F)ccc4n3)CC2)C1. The van der Waals surface area contributed by atoms with E-state index >= 15 is 0 Å². The zero-order valence-corrected chi connectivity index (χ0v) is 35.2. The number of fused-ring (bicyclic) bond motifs is 2. The zero-order chi connectivity index (χ0) is 43.9. The highest BCUT2D eigenvalue weighted by Gasteiger charge is 2.50. The molecule has 15 nitrogen and oxygen atoms in total. The van der Waals surface area contributed by atoms with Gasteiger partial charge in [0.2, 0.25) is 0 Å². The summed E-state index contributed by atoms with van der Waals surface area (Å²) in [5.74, 6) is 0.863. The van der Waals surface area contributed by atoms with Crippen LogP contribution in [0.3, 0.4) is 0 Å². The van der Waals surface area contributed by atoms with Crippen molar-refractivity contribution in [2.24, 2.45) is 16.6 Å². The Morgan fingerprint density at radius 2 is 1.22 bits per heavy atom. The Morgan fingerprint density at radius 3 is 1.65 bits per heavy atom. The maximum absolute atomic E-state index is 13.4. The second kappa shape index (κ2) is 17.0. The fourth-order valence-corrected chi connectivity index (χ4v) is 10.5. The van der Waals surface area contributed by atoms with Gasteiger partial charge in [0.1, 0.15) is 23.3 Å². The number of primary amides is 1. The van der Waals surface area contributed by atoms with Crippen molar-refractivity contribution in [2.75, 3.05) is 36.0 Å². The highest BCUT2D eigenvalue weighted by Crippen LogP contribution is 2.53. The largest absolute Gasteiger partial charge is 0.465 e. The van der Waals surface area contributed by atoms with Crippen molar-refractivity contribution in [1.82, 2.24) is 29.9 Å². The van der Waals surface area contributed by atoms with E-state index in [1.807, 2.05) is 29.6 Å². The third kappa shape index (κ3) is 8.94. The first-order chi connectivity index (χ1) is 30.3. The van der Waals surface area contributed by atoms with Gasteiger partial charge in [-0.15, -0.1) is 11.3 Å². The van der Waals surface area contributed by atoms with Crippen molar-refractivity contribution in [3.8, 4) is 0 Å². The molecule has 63 heavy (non-hydrogen) atoms. The van der Waals surface area contributed by atoms with Crippen molar-refractivity contribution >= 4 is 62.9 Å². The molecule has 3 amide bonds. The number of pyridine rings is 2. The summed E-state index contributed by atoms with van der Waals surface area (Å²) in [7, 11) is 0.